The zero-order chi connectivity index (χ0) is 28.9. The Kier molecular flexibility index (Phi) is 21.1. The number of carbonyl (C=O) groups is 1. The van der Waals surface area contributed by atoms with Gasteiger partial charge in [0.1, 0.15) is 6.61 Å². The van der Waals surface area contributed by atoms with Crippen LogP contribution in [0.25, 0.3) is 0 Å². The molecule has 0 heterocycles. The highest BCUT2D eigenvalue weighted by Crippen LogP contribution is 2.29. The zero-order valence-corrected chi connectivity index (χ0v) is 28.5. The molecular weight excluding hydrogens is 541 g/mol. The second kappa shape index (κ2) is 21.3. The van der Waals surface area contributed by atoms with Crippen LogP contribution in [-0.4, -0.2) is 105 Å². The number of esters is 1. The Hall–Kier alpha value is -0.419. The second-order valence-corrected chi connectivity index (χ2v) is 23.3. The maximum atomic E-state index is 11.5. The number of hydrogen-bond acceptors (Lipinski definition) is 9. The molecule has 0 fully saturated rings. The van der Waals surface area contributed by atoms with Crippen molar-refractivity contribution in [3.05, 3.63) is 12.2 Å². The first-order chi connectivity index (χ1) is 17.9. The smallest absolute Gasteiger partial charge is 0.333 e. The average Bonchev–Trinajstić information content (AvgIpc) is 2.81. The minimum Gasteiger partial charge on any atom is -0.460 e. The van der Waals surface area contributed by atoms with Gasteiger partial charge in [0, 0.05) is 39.6 Å². The lowest BCUT2D eigenvalue weighted by molar-refractivity contribution is -0.140. The number of carbonyl (C=O) groups excluding carboxylic acids is 1. The summed E-state index contributed by atoms with van der Waals surface area (Å²) in [4.78, 5) is 11.5. The van der Waals surface area contributed by atoms with Crippen LogP contribution in [0.4, 0.5) is 0 Å². The van der Waals surface area contributed by atoms with Crippen LogP contribution >= 0.6 is 0 Å². The van der Waals surface area contributed by atoms with E-state index in [9.17, 15) is 4.79 Å². The van der Waals surface area contributed by atoms with E-state index >= 15 is 0 Å². The van der Waals surface area contributed by atoms with Crippen LogP contribution in [0.1, 0.15) is 26.2 Å². The molecule has 0 aliphatic rings. The highest BCUT2D eigenvalue weighted by Gasteiger charge is 2.42. The van der Waals surface area contributed by atoms with E-state index in [-0.39, 0.29) is 12.6 Å². The summed E-state index contributed by atoms with van der Waals surface area (Å²) in [5.41, 5.74) is 0.391. The lowest BCUT2D eigenvalue weighted by Gasteiger charge is -2.41. The van der Waals surface area contributed by atoms with Gasteiger partial charge in [0.2, 0.25) is 0 Å². The summed E-state index contributed by atoms with van der Waals surface area (Å²) >= 11 is 0. The molecule has 0 aromatic rings. The van der Waals surface area contributed by atoms with Gasteiger partial charge < -0.3 is 36.7 Å². The van der Waals surface area contributed by atoms with Crippen LogP contribution < -0.4 is 0 Å². The van der Waals surface area contributed by atoms with E-state index < -0.39 is 25.2 Å². The van der Waals surface area contributed by atoms with Crippen molar-refractivity contribution >= 4 is 31.2 Å². The fourth-order valence-corrected chi connectivity index (χ4v) is 18.3. The van der Waals surface area contributed by atoms with E-state index in [4.69, 9.17) is 36.7 Å². The van der Waals surface area contributed by atoms with Crippen LogP contribution in [0.2, 0.25) is 50.9 Å². The normalized spacial score (nSPS) is 12.6. The lowest BCUT2D eigenvalue weighted by atomic mass is 10.4. The Balaban J connectivity index is 4.86. The van der Waals surface area contributed by atoms with Gasteiger partial charge in [-0.3, -0.25) is 0 Å². The predicted molar refractivity (Wildman–Crippen MR) is 159 cm³/mol. The van der Waals surface area contributed by atoms with E-state index in [0.29, 0.717) is 45.2 Å². The Morgan fingerprint density at radius 2 is 1.00 bits per heavy atom. The van der Waals surface area contributed by atoms with E-state index in [2.05, 4.69) is 39.3 Å². The summed E-state index contributed by atoms with van der Waals surface area (Å²) < 4.78 is 46.1. The molecule has 0 aromatic carbocycles. The minimum absolute atomic E-state index is 0.228. The number of methoxy groups -OCH3 is 2. The van der Waals surface area contributed by atoms with E-state index in [1.165, 1.54) is 0 Å². The summed E-state index contributed by atoms with van der Waals surface area (Å²) in [5.74, 6) is -0.386. The van der Waals surface area contributed by atoms with E-state index in [1.54, 1.807) is 21.1 Å². The Labute approximate surface area is 235 Å². The molecule has 0 unspecified atom stereocenters. The van der Waals surface area contributed by atoms with Gasteiger partial charge >= 0.3 is 14.5 Å². The van der Waals surface area contributed by atoms with E-state index in [0.717, 1.165) is 50.6 Å². The number of ether oxygens (including phenoxy) is 6. The van der Waals surface area contributed by atoms with Gasteiger partial charge in [-0.05, 0) is 77.1 Å². The van der Waals surface area contributed by atoms with Gasteiger partial charge in [-0.25, -0.2) is 4.79 Å². The fraction of sp³-hybridized carbons (Fsp3) is 0.885. The molecule has 0 saturated heterocycles. The van der Waals surface area contributed by atoms with Gasteiger partial charge in [0.25, 0.3) is 0 Å². The summed E-state index contributed by atoms with van der Waals surface area (Å²) in [5, 5.41) is 0. The minimum atomic E-state index is -2.46. The highest BCUT2D eigenvalue weighted by atomic mass is 28.5. The summed E-state index contributed by atoms with van der Waals surface area (Å²) in [7, 11) is -3.02. The SMILES string of the molecule is C=C(C)C(=O)OCCOCCC[Si](C)(O[Si](C)(C)CCCOCCOC)O[Si](C)(C)CCCOCCOC. The molecule has 0 rings (SSSR count). The molecule has 0 atom stereocenters. The molecule has 0 amide bonds. The van der Waals surface area contributed by atoms with Crippen molar-refractivity contribution in [1.29, 1.82) is 0 Å². The van der Waals surface area contributed by atoms with Gasteiger partial charge in [-0.15, -0.1) is 0 Å². The molecule has 38 heavy (non-hydrogen) atoms. The molecule has 0 radical (unpaired) electrons. The third kappa shape index (κ3) is 21.4. The first-order valence-corrected chi connectivity index (χ1v) is 22.6. The van der Waals surface area contributed by atoms with Crippen LogP contribution in [0.5, 0.6) is 0 Å². The van der Waals surface area contributed by atoms with Gasteiger partial charge in [-0.2, -0.15) is 0 Å². The summed E-state index contributed by atoms with van der Waals surface area (Å²) in [6.45, 7) is 21.6. The van der Waals surface area contributed by atoms with Gasteiger partial charge in [-0.1, -0.05) is 6.58 Å². The topological polar surface area (TPSA) is 90.9 Å². The molecule has 0 aliphatic carbocycles. The lowest BCUT2D eigenvalue weighted by Crippen LogP contribution is -2.54. The Morgan fingerprint density at radius 1 is 0.605 bits per heavy atom. The standard InChI is InChI=1S/C26H56O9Si3/c1-25(2)26(27)33-21-20-32-15-12-24-38(9,34-36(5,6)22-10-13-30-18-16-28-3)35-37(7,8)23-11-14-31-19-17-29-4/h1,10-24H2,2-9H3. The van der Waals surface area contributed by atoms with Crippen molar-refractivity contribution in [3.8, 4) is 0 Å². The molecule has 226 valence electrons. The fourth-order valence-electron chi connectivity index (χ4n) is 4.00. The van der Waals surface area contributed by atoms with Crippen LogP contribution in [0.15, 0.2) is 12.2 Å². The van der Waals surface area contributed by atoms with Crippen molar-refractivity contribution in [3.63, 3.8) is 0 Å². The molecule has 9 nitrogen and oxygen atoms in total. The van der Waals surface area contributed by atoms with Crippen LogP contribution in [0, 0.1) is 0 Å². The van der Waals surface area contributed by atoms with Gasteiger partial charge in [0.15, 0.2) is 16.6 Å². The molecule has 0 bridgehead atoms. The molecule has 0 aromatic heterocycles. The molecule has 12 heteroatoms. The number of rotatable bonds is 26. The highest BCUT2D eigenvalue weighted by molar-refractivity contribution is 6.88. The Morgan fingerprint density at radius 3 is 1.39 bits per heavy atom. The van der Waals surface area contributed by atoms with Crippen molar-refractivity contribution in [1.82, 2.24) is 0 Å². The van der Waals surface area contributed by atoms with Crippen molar-refractivity contribution in [2.45, 2.75) is 77.1 Å². The van der Waals surface area contributed by atoms with Crippen LogP contribution in [0.3, 0.4) is 0 Å². The van der Waals surface area contributed by atoms with Crippen LogP contribution in [-0.2, 0) is 41.4 Å². The molecule has 0 N–H and O–H groups in total. The third-order valence-corrected chi connectivity index (χ3v) is 18.0. The van der Waals surface area contributed by atoms with Gasteiger partial charge in [0.05, 0.1) is 33.0 Å². The molecule has 0 aliphatic heterocycles. The first kappa shape index (κ1) is 37.6. The summed E-state index contributed by atoms with van der Waals surface area (Å²) in [6.07, 6.45) is 2.78. The first-order valence-electron chi connectivity index (χ1n) is 13.8. The maximum absolute atomic E-state index is 11.5. The monoisotopic (exact) mass is 596 g/mol. The average molecular weight is 597 g/mol. The van der Waals surface area contributed by atoms with Crippen molar-refractivity contribution in [2.75, 3.05) is 73.7 Å². The molecule has 0 spiro atoms. The van der Waals surface area contributed by atoms with Crippen molar-refractivity contribution in [2.24, 2.45) is 0 Å². The summed E-state index contributed by atoms with van der Waals surface area (Å²) in [6, 6.07) is 2.90. The maximum Gasteiger partial charge on any atom is 0.333 e. The van der Waals surface area contributed by atoms with Crippen molar-refractivity contribution < 1.29 is 41.4 Å². The number of hydrogen-bond donors (Lipinski definition) is 0. The molecule has 0 saturated carbocycles. The zero-order valence-electron chi connectivity index (χ0n) is 25.5. The quantitative estimate of drug-likeness (QED) is 0.0583. The molecular formula is C26H56O9Si3. The Bertz CT molecular complexity index is 603. The largest absolute Gasteiger partial charge is 0.460 e. The predicted octanol–water partition coefficient (Wildman–Crippen LogP) is 5.13. The third-order valence-electron chi connectivity index (χ3n) is 5.71. The van der Waals surface area contributed by atoms with E-state index in [1.807, 2.05) is 0 Å². The second-order valence-electron chi connectivity index (χ2n) is 10.9.